The minimum absolute atomic E-state index is 0.156. The molecule has 0 unspecified atom stereocenters. The molecule has 2 rings (SSSR count). The van der Waals surface area contributed by atoms with Crippen molar-refractivity contribution in [1.29, 1.82) is 0 Å². The summed E-state index contributed by atoms with van der Waals surface area (Å²) < 4.78 is 0. The molecule has 0 saturated carbocycles. The molecule has 0 aliphatic heterocycles. The van der Waals surface area contributed by atoms with Gasteiger partial charge in [0.15, 0.2) is 0 Å². The van der Waals surface area contributed by atoms with Gasteiger partial charge >= 0.3 is 0 Å². The second-order valence-electron chi connectivity index (χ2n) is 3.58. The predicted molar refractivity (Wildman–Crippen MR) is 56.4 cm³/mol. The topological polar surface area (TPSA) is 42.0 Å². The van der Waals surface area contributed by atoms with Gasteiger partial charge in [0, 0.05) is 23.8 Å². The molecule has 1 aromatic rings. The summed E-state index contributed by atoms with van der Waals surface area (Å²) in [5.41, 5.74) is 3.13. The molecule has 0 bridgehead atoms. The van der Waals surface area contributed by atoms with Crippen LogP contribution >= 0.6 is 11.3 Å². The average molecular weight is 210 g/mol. The van der Waals surface area contributed by atoms with Crippen LogP contribution in [-0.4, -0.2) is 16.9 Å². The van der Waals surface area contributed by atoms with Crippen LogP contribution in [0.1, 0.15) is 30.3 Å². The van der Waals surface area contributed by atoms with Gasteiger partial charge in [-0.2, -0.15) is 0 Å². The van der Waals surface area contributed by atoms with Crippen LogP contribution in [0, 0.1) is 0 Å². The summed E-state index contributed by atoms with van der Waals surface area (Å²) >= 11 is 1.70. The van der Waals surface area contributed by atoms with E-state index < -0.39 is 0 Å². The second-order valence-corrected chi connectivity index (χ2v) is 4.52. The maximum Gasteiger partial charge on any atom is 0.219 e. The number of hydrogen-bond acceptors (Lipinski definition) is 3. The highest BCUT2D eigenvalue weighted by atomic mass is 32.1. The molecule has 4 heteroatoms. The molecule has 0 saturated heterocycles. The normalized spacial score (nSPS) is 20.2. The molecule has 1 heterocycles. The monoisotopic (exact) mass is 210 g/mol. The molecule has 0 aromatic carbocycles. The highest BCUT2D eigenvalue weighted by Gasteiger charge is 2.21. The fourth-order valence-electron chi connectivity index (χ4n) is 1.75. The zero-order chi connectivity index (χ0) is 9.97. The van der Waals surface area contributed by atoms with E-state index >= 15 is 0 Å². The quantitative estimate of drug-likeness (QED) is 0.804. The molecule has 0 spiro atoms. The van der Waals surface area contributed by atoms with Gasteiger partial charge in [0.2, 0.25) is 5.91 Å². The summed E-state index contributed by atoms with van der Waals surface area (Å²) in [6.45, 7) is 1.89. The summed E-state index contributed by atoms with van der Waals surface area (Å²) in [6, 6.07) is 0.329. The predicted octanol–water partition coefficient (Wildman–Crippen LogP) is 1.53. The molecule has 1 aliphatic rings. The van der Waals surface area contributed by atoms with Gasteiger partial charge in [-0.25, -0.2) is 4.98 Å². The Morgan fingerprint density at radius 2 is 2.64 bits per heavy atom. The number of carbonyl (C=O) groups is 1. The van der Waals surface area contributed by atoms with E-state index in [9.17, 15) is 4.79 Å². The van der Waals surface area contributed by atoms with E-state index in [1.807, 2.05) is 12.4 Å². The zero-order valence-corrected chi connectivity index (χ0v) is 9.06. The number of nitrogens with zero attached hydrogens (tertiary/aromatic N) is 1. The molecular formula is C10H14N2OS. The Labute approximate surface area is 87.6 Å². The van der Waals surface area contributed by atoms with Crippen molar-refractivity contribution in [2.45, 2.75) is 38.6 Å². The van der Waals surface area contributed by atoms with Gasteiger partial charge in [-0.15, -0.1) is 11.3 Å². The van der Waals surface area contributed by atoms with Crippen LogP contribution in [-0.2, 0) is 17.6 Å². The second kappa shape index (κ2) is 4.09. The first kappa shape index (κ1) is 9.65. The Morgan fingerprint density at radius 3 is 3.43 bits per heavy atom. The van der Waals surface area contributed by atoms with Crippen molar-refractivity contribution in [2.24, 2.45) is 0 Å². The Hall–Kier alpha value is -0.900. The summed E-state index contributed by atoms with van der Waals surface area (Å²) in [5, 5.41) is 3.04. The lowest BCUT2D eigenvalue weighted by atomic mass is 9.97. The van der Waals surface area contributed by atoms with Crippen molar-refractivity contribution in [2.75, 3.05) is 0 Å². The van der Waals surface area contributed by atoms with E-state index in [4.69, 9.17) is 0 Å². The molecule has 1 atom stereocenters. The van der Waals surface area contributed by atoms with E-state index in [1.54, 1.807) is 11.3 Å². The molecule has 1 aliphatic carbocycles. The number of carbonyl (C=O) groups excluding carboxylic acids is 1. The summed E-state index contributed by atoms with van der Waals surface area (Å²) in [5.74, 6) is 0.156. The molecule has 1 aromatic heterocycles. The lowest BCUT2D eigenvalue weighted by Crippen LogP contribution is -2.38. The first-order valence-electron chi connectivity index (χ1n) is 5.00. The van der Waals surface area contributed by atoms with Crippen LogP contribution in [0.25, 0.3) is 0 Å². The SMILES string of the molecule is CCC(=O)N[C@H]1CCc2ncsc2C1. The fourth-order valence-corrected chi connectivity index (χ4v) is 2.65. The number of aryl methyl sites for hydroxylation is 1. The zero-order valence-electron chi connectivity index (χ0n) is 8.25. The lowest BCUT2D eigenvalue weighted by Gasteiger charge is -2.22. The largest absolute Gasteiger partial charge is 0.353 e. The van der Waals surface area contributed by atoms with Crippen LogP contribution < -0.4 is 5.32 Å². The summed E-state index contributed by atoms with van der Waals surface area (Å²) in [7, 11) is 0. The highest BCUT2D eigenvalue weighted by molar-refractivity contribution is 7.09. The minimum Gasteiger partial charge on any atom is -0.353 e. The third kappa shape index (κ3) is 1.95. The smallest absolute Gasteiger partial charge is 0.219 e. The number of rotatable bonds is 2. The standard InChI is InChI=1S/C10H14N2OS/c1-2-10(13)12-7-3-4-8-9(5-7)14-6-11-8/h6-7H,2-5H2,1H3,(H,12,13)/t7-/m0/s1. The van der Waals surface area contributed by atoms with Crippen LogP contribution in [0.4, 0.5) is 0 Å². The minimum atomic E-state index is 0.156. The van der Waals surface area contributed by atoms with Crippen molar-refractivity contribution >= 4 is 17.2 Å². The summed E-state index contributed by atoms with van der Waals surface area (Å²) in [6.07, 6.45) is 3.58. The van der Waals surface area contributed by atoms with Crippen LogP contribution in [0.3, 0.4) is 0 Å². The van der Waals surface area contributed by atoms with Crippen LogP contribution in [0.15, 0.2) is 5.51 Å². The van der Waals surface area contributed by atoms with Gasteiger partial charge in [-0.05, 0) is 12.8 Å². The lowest BCUT2D eigenvalue weighted by molar-refractivity contribution is -0.121. The maximum absolute atomic E-state index is 11.2. The molecule has 76 valence electrons. The fraction of sp³-hybridized carbons (Fsp3) is 0.600. The van der Waals surface area contributed by atoms with E-state index in [2.05, 4.69) is 10.3 Å². The third-order valence-electron chi connectivity index (χ3n) is 2.57. The molecule has 1 amide bonds. The number of amides is 1. The molecule has 0 radical (unpaired) electrons. The molecule has 14 heavy (non-hydrogen) atoms. The molecule has 0 fully saturated rings. The van der Waals surface area contributed by atoms with Crippen molar-refractivity contribution < 1.29 is 4.79 Å². The first-order valence-corrected chi connectivity index (χ1v) is 5.88. The van der Waals surface area contributed by atoms with Gasteiger partial charge in [0.1, 0.15) is 0 Å². The Morgan fingerprint density at radius 1 is 1.79 bits per heavy atom. The average Bonchev–Trinajstić information content (AvgIpc) is 2.64. The van der Waals surface area contributed by atoms with E-state index in [0.717, 1.165) is 19.3 Å². The van der Waals surface area contributed by atoms with Gasteiger partial charge in [0.05, 0.1) is 11.2 Å². The Bertz CT molecular complexity index is 335. The number of hydrogen-bond donors (Lipinski definition) is 1. The van der Waals surface area contributed by atoms with Gasteiger partial charge in [0.25, 0.3) is 0 Å². The Kier molecular flexibility index (Phi) is 2.82. The summed E-state index contributed by atoms with van der Waals surface area (Å²) in [4.78, 5) is 16.8. The number of aromatic nitrogens is 1. The van der Waals surface area contributed by atoms with Gasteiger partial charge in [-0.1, -0.05) is 6.92 Å². The van der Waals surface area contributed by atoms with Crippen molar-refractivity contribution in [3.8, 4) is 0 Å². The van der Waals surface area contributed by atoms with Crippen molar-refractivity contribution in [1.82, 2.24) is 10.3 Å². The first-order chi connectivity index (χ1) is 6.79. The van der Waals surface area contributed by atoms with Crippen molar-refractivity contribution in [3.63, 3.8) is 0 Å². The van der Waals surface area contributed by atoms with Crippen LogP contribution in [0.2, 0.25) is 0 Å². The molecular weight excluding hydrogens is 196 g/mol. The van der Waals surface area contributed by atoms with Crippen LogP contribution in [0.5, 0.6) is 0 Å². The van der Waals surface area contributed by atoms with Crippen molar-refractivity contribution in [3.05, 3.63) is 16.1 Å². The molecule has 3 nitrogen and oxygen atoms in total. The van der Waals surface area contributed by atoms with Gasteiger partial charge < -0.3 is 5.32 Å². The third-order valence-corrected chi connectivity index (χ3v) is 3.47. The number of thiazole rings is 1. The van der Waals surface area contributed by atoms with E-state index in [1.165, 1.54) is 10.6 Å². The Balaban J connectivity index is 1.97. The van der Waals surface area contributed by atoms with E-state index in [0.29, 0.717) is 12.5 Å². The van der Waals surface area contributed by atoms with E-state index in [-0.39, 0.29) is 5.91 Å². The highest BCUT2D eigenvalue weighted by Crippen LogP contribution is 2.23. The number of nitrogens with one attached hydrogen (secondary N) is 1. The van der Waals surface area contributed by atoms with Gasteiger partial charge in [-0.3, -0.25) is 4.79 Å². The maximum atomic E-state index is 11.2. The molecule has 1 N–H and O–H groups in total. The number of fused-ring (bicyclic) bond motifs is 1.